The summed E-state index contributed by atoms with van der Waals surface area (Å²) in [5.74, 6) is 0.243. The first-order valence-corrected chi connectivity index (χ1v) is 15.1. The Morgan fingerprint density at radius 2 is 1.22 bits per heavy atom. The maximum atomic E-state index is 13.7. The molecule has 198 valence electrons. The molecule has 4 rings (SSSR count). The zero-order valence-electron chi connectivity index (χ0n) is 20.7. The monoisotopic (exact) mass is 546 g/mol. The van der Waals surface area contributed by atoms with E-state index in [-0.39, 0.29) is 22.9 Å². The molecule has 10 heteroatoms. The Morgan fingerprint density at radius 1 is 0.730 bits per heavy atom. The number of hydrogen-bond donors (Lipinski definition) is 0. The Hall–Kier alpha value is -2.79. The van der Waals surface area contributed by atoms with Gasteiger partial charge in [0, 0.05) is 26.2 Å². The fraction of sp³-hybridized carbons (Fsp3) is 0.333. The summed E-state index contributed by atoms with van der Waals surface area (Å²) in [5.41, 5.74) is 1.37. The van der Waals surface area contributed by atoms with Gasteiger partial charge in [0.05, 0.1) is 16.9 Å². The molecule has 0 unspecified atom stereocenters. The molecule has 0 atom stereocenters. The van der Waals surface area contributed by atoms with Gasteiger partial charge < -0.3 is 4.74 Å². The largest absolute Gasteiger partial charge is 0.497 e. The van der Waals surface area contributed by atoms with Crippen molar-refractivity contribution in [3.63, 3.8) is 0 Å². The number of benzene rings is 3. The minimum Gasteiger partial charge on any atom is -0.497 e. The average Bonchev–Trinajstić information content (AvgIpc) is 3.20. The lowest BCUT2D eigenvalue weighted by atomic mass is 10.2. The predicted octanol–water partition coefficient (Wildman–Crippen LogP) is 4.79. The number of hydrogen-bond acceptors (Lipinski definition) is 5. The molecule has 7 nitrogen and oxygen atoms in total. The molecule has 1 fully saturated rings. The van der Waals surface area contributed by atoms with Crippen molar-refractivity contribution in [2.45, 2.75) is 48.6 Å². The number of sulfonamides is 2. The van der Waals surface area contributed by atoms with E-state index in [1.54, 1.807) is 43.5 Å². The highest BCUT2D eigenvalue weighted by Crippen LogP contribution is 2.26. The van der Waals surface area contributed by atoms with Gasteiger partial charge >= 0.3 is 0 Å². The first-order valence-electron chi connectivity index (χ1n) is 12.2. The van der Waals surface area contributed by atoms with Crippen molar-refractivity contribution in [2.24, 2.45) is 0 Å². The van der Waals surface area contributed by atoms with E-state index in [0.29, 0.717) is 24.4 Å². The van der Waals surface area contributed by atoms with E-state index < -0.39 is 25.9 Å². The Labute approximate surface area is 218 Å². The molecule has 37 heavy (non-hydrogen) atoms. The van der Waals surface area contributed by atoms with Gasteiger partial charge in [-0.1, -0.05) is 37.1 Å². The van der Waals surface area contributed by atoms with Crippen molar-refractivity contribution in [1.29, 1.82) is 0 Å². The van der Waals surface area contributed by atoms with E-state index in [1.807, 2.05) is 0 Å². The Morgan fingerprint density at radius 3 is 1.73 bits per heavy atom. The maximum absolute atomic E-state index is 13.7. The smallest absolute Gasteiger partial charge is 0.243 e. The van der Waals surface area contributed by atoms with Crippen molar-refractivity contribution in [3.05, 3.63) is 89.7 Å². The molecule has 1 heterocycles. The first-order chi connectivity index (χ1) is 17.7. The van der Waals surface area contributed by atoms with Gasteiger partial charge in [0.15, 0.2) is 0 Å². The van der Waals surface area contributed by atoms with Crippen LogP contribution in [0.15, 0.2) is 82.6 Å². The predicted molar refractivity (Wildman–Crippen MR) is 139 cm³/mol. The Balaban J connectivity index is 1.62. The van der Waals surface area contributed by atoms with Crippen molar-refractivity contribution in [3.8, 4) is 5.75 Å². The zero-order valence-corrected chi connectivity index (χ0v) is 22.3. The SMILES string of the molecule is COc1ccc(CN(Cc2ccc(F)cc2)S(=O)(=O)c2ccc(S(=O)(=O)N3CCCCCC3)cc2)cc1. The van der Waals surface area contributed by atoms with Gasteiger partial charge in [-0.3, -0.25) is 0 Å². The summed E-state index contributed by atoms with van der Waals surface area (Å²) in [6.07, 6.45) is 3.63. The quantitative estimate of drug-likeness (QED) is 0.385. The van der Waals surface area contributed by atoms with Crippen LogP contribution in [0.5, 0.6) is 5.75 Å². The summed E-state index contributed by atoms with van der Waals surface area (Å²) in [5, 5.41) is 0. The fourth-order valence-electron chi connectivity index (χ4n) is 4.32. The third-order valence-corrected chi connectivity index (χ3v) is 10.2. The van der Waals surface area contributed by atoms with Crippen LogP contribution in [0.2, 0.25) is 0 Å². The lowest BCUT2D eigenvalue weighted by Gasteiger charge is -2.23. The zero-order chi connectivity index (χ0) is 26.5. The van der Waals surface area contributed by atoms with Crippen LogP contribution in [0.25, 0.3) is 0 Å². The summed E-state index contributed by atoms with van der Waals surface area (Å²) in [4.78, 5) is 0.0616. The minimum atomic E-state index is -4.02. The van der Waals surface area contributed by atoms with Crippen LogP contribution >= 0.6 is 0 Å². The molecule has 0 aromatic heterocycles. The van der Waals surface area contributed by atoms with Crippen molar-refractivity contribution < 1.29 is 26.0 Å². The molecule has 3 aromatic rings. The van der Waals surface area contributed by atoms with Gasteiger partial charge in [-0.15, -0.1) is 0 Å². The highest BCUT2D eigenvalue weighted by Gasteiger charge is 2.28. The second-order valence-corrected chi connectivity index (χ2v) is 12.9. The van der Waals surface area contributed by atoms with Gasteiger partial charge in [-0.2, -0.15) is 8.61 Å². The lowest BCUT2D eigenvalue weighted by Crippen LogP contribution is -2.32. The molecule has 1 saturated heterocycles. The van der Waals surface area contributed by atoms with E-state index in [4.69, 9.17) is 4.74 Å². The molecule has 1 aliphatic heterocycles. The minimum absolute atomic E-state index is 0.0158. The third-order valence-electron chi connectivity index (χ3n) is 6.45. The van der Waals surface area contributed by atoms with Gasteiger partial charge in [-0.05, 0) is 72.5 Å². The van der Waals surface area contributed by atoms with E-state index in [1.165, 1.54) is 45.0 Å². The van der Waals surface area contributed by atoms with Crippen molar-refractivity contribution in [2.75, 3.05) is 20.2 Å². The summed E-state index contributed by atoms with van der Waals surface area (Å²) in [7, 11) is -6.16. The molecule has 0 spiro atoms. The molecule has 0 bridgehead atoms. The Kier molecular flexibility index (Phi) is 8.63. The normalized spacial score (nSPS) is 15.4. The van der Waals surface area contributed by atoms with Crippen LogP contribution < -0.4 is 4.74 Å². The van der Waals surface area contributed by atoms with Crippen LogP contribution in [0.1, 0.15) is 36.8 Å². The van der Waals surface area contributed by atoms with E-state index >= 15 is 0 Å². The second kappa shape index (κ2) is 11.7. The molecule has 1 aliphatic rings. The Bertz CT molecular complexity index is 1380. The molecular weight excluding hydrogens is 515 g/mol. The first kappa shape index (κ1) is 27.3. The number of methoxy groups -OCH3 is 1. The van der Waals surface area contributed by atoms with Crippen LogP contribution in [-0.4, -0.2) is 45.6 Å². The highest BCUT2D eigenvalue weighted by molar-refractivity contribution is 7.89. The number of ether oxygens (including phenoxy) is 1. The number of halogens is 1. The molecule has 0 N–H and O–H groups in total. The van der Waals surface area contributed by atoms with Crippen molar-refractivity contribution >= 4 is 20.0 Å². The van der Waals surface area contributed by atoms with Crippen LogP contribution in [-0.2, 0) is 33.1 Å². The maximum Gasteiger partial charge on any atom is 0.243 e. The fourth-order valence-corrected chi connectivity index (χ4v) is 7.25. The summed E-state index contributed by atoms with van der Waals surface area (Å²) in [6, 6.07) is 18.1. The number of rotatable bonds is 9. The summed E-state index contributed by atoms with van der Waals surface area (Å²) in [6.45, 7) is 1.02. The van der Waals surface area contributed by atoms with E-state index in [0.717, 1.165) is 31.2 Å². The molecule has 0 amide bonds. The van der Waals surface area contributed by atoms with Crippen LogP contribution in [0.4, 0.5) is 4.39 Å². The third kappa shape index (κ3) is 6.56. The number of nitrogens with zero attached hydrogens (tertiary/aromatic N) is 2. The van der Waals surface area contributed by atoms with E-state index in [9.17, 15) is 21.2 Å². The molecular formula is C27H31FN2O5S2. The summed E-state index contributed by atoms with van der Waals surface area (Å²) < 4.78 is 75.1. The standard InChI is InChI=1S/C27H31FN2O5S2/c1-35-25-12-8-23(9-13-25)21-30(20-22-6-10-24(28)11-7-22)37(33,34)27-16-14-26(15-17-27)36(31,32)29-18-4-2-3-5-19-29/h6-17H,2-5,18-21H2,1H3. The van der Waals surface area contributed by atoms with Gasteiger partial charge in [0.25, 0.3) is 0 Å². The summed E-state index contributed by atoms with van der Waals surface area (Å²) >= 11 is 0. The second-order valence-electron chi connectivity index (χ2n) is 9.04. The van der Waals surface area contributed by atoms with E-state index in [2.05, 4.69) is 0 Å². The van der Waals surface area contributed by atoms with Gasteiger partial charge in [0.1, 0.15) is 11.6 Å². The average molecular weight is 547 g/mol. The molecule has 0 saturated carbocycles. The van der Waals surface area contributed by atoms with Crippen LogP contribution in [0.3, 0.4) is 0 Å². The molecule has 3 aromatic carbocycles. The molecule has 0 aliphatic carbocycles. The highest BCUT2D eigenvalue weighted by atomic mass is 32.2. The molecule has 0 radical (unpaired) electrons. The van der Waals surface area contributed by atoms with Gasteiger partial charge in [-0.25, -0.2) is 21.2 Å². The van der Waals surface area contributed by atoms with Crippen LogP contribution in [0, 0.1) is 5.82 Å². The van der Waals surface area contributed by atoms with Crippen molar-refractivity contribution in [1.82, 2.24) is 8.61 Å². The lowest BCUT2D eigenvalue weighted by molar-refractivity contribution is 0.399. The van der Waals surface area contributed by atoms with Gasteiger partial charge in [0.2, 0.25) is 20.0 Å². The topological polar surface area (TPSA) is 84.0 Å².